The second kappa shape index (κ2) is 8.26. The maximum absolute atomic E-state index is 13.0. The summed E-state index contributed by atoms with van der Waals surface area (Å²) in [4.78, 5) is 12.9. The van der Waals surface area contributed by atoms with E-state index in [0.717, 1.165) is 16.7 Å². The van der Waals surface area contributed by atoms with Crippen molar-refractivity contribution in [2.45, 2.75) is 34.6 Å². The molecule has 0 bridgehead atoms. The van der Waals surface area contributed by atoms with E-state index < -0.39 is 7.80 Å². The minimum atomic E-state index is -2.31. The molecule has 0 N–H and O–H groups in total. The molecule has 0 aromatic heterocycles. The van der Waals surface area contributed by atoms with Crippen molar-refractivity contribution in [1.29, 1.82) is 0 Å². The maximum atomic E-state index is 13.0. The van der Waals surface area contributed by atoms with Crippen molar-refractivity contribution in [3.63, 3.8) is 0 Å². The molecule has 0 heterocycles. The van der Waals surface area contributed by atoms with Crippen molar-refractivity contribution < 1.29 is 18.8 Å². The molecule has 2 aromatic rings. The number of hydrogen-bond acceptors (Lipinski definition) is 4. The lowest BCUT2D eigenvalue weighted by atomic mass is 10.0. The van der Waals surface area contributed by atoms with Gasteiger partial charge >= 0.3 is 0 Å². The van der Waals surface area contributed by atoms with Gasteiger partial charge in [-0.2, -0.15) is 0 Å². The summed E-state index contributed by atoms with van der Waals surface area (Å²) in [6, 6.07) is 9.03. The van der Waals surface area contributed by atoms with Crippen molar-refractivity contribution in [2.24, 2.45) is 0 Å². The fourth-order valence-electron chi connectivity index (χ4n) is 2.95. The minimum absolute atomic E-state index is 0.375. The van der Waals surface area contributed by atoms with Crippen LogP contribution in [0.5, 0.6) is 11.5 Å². The lowest BCUT2D eigenvalue weighted by Gasteiger charge is -2.15. The van der Waals surface area contributed by atoms with Gasteiger partial charge in [0.1, 0.15) is 0 Å². The first-order valence-corrected chi connectivity index (χ1v) is 9.64. The fraction of sp³-hybridized carbons (Fsp3) is 0.350. The first-order valence-electron chi connectivity index (χ1n) is 8.38. The Labute approximate surface area is 150 Å². The number of aryl methyl sites for hydroxylation is 3. The zero-order valence-electron chi connectivity index (χ0n) is 15.4. The van der Waals surface area contributed by atoms with Crippen molar-refractivity contribution in [3.05, 3.63) is 52.6 Å². The molecule has 4 nitrogen and oxygen atoms in total. The molecule has 1 radical (unpaired) electrons. The quantitative estimate of drug-likeness (QED) is 0.672. The van der Waals surface area contributed by atoms with E-state index in [0.29, 0.717) is 35.6 Å². The third-order valence-corrected chi connectivity index (χ3v) is 5.22. The van der Waals surface area contributed by atoms with Gasteiger partial charge in [-0.05, 0) is 57.9 Å². The lowest BCUT2D eigenvalue weighted by molar-refractivity contribution is 0.107. The van der Waals surface area contributed by atoms with Crippen LogP contribution in [0.3, 0.4) is 0 Å². The molecule has 0 fully saturated rings. The van der Waals surface area contributed by atoms with E-state index in [-0.39, 0.29) is 5.52 Å². The minimum Gasteiger partial charge on any atom is -0.490 e. The second-order valence-electron chi connectivity index (χ2n) is 5.84. The van der Waals surface area contributed by atoms with Crippen molar-refractivity contribution in [2.75, 3.05) is 13.2 Å². The highest BCUT2D eigenvalue weighted by Crippen LogP contribution is 2.37. The molecule has 2 rings (SSSR count). The molecule has 133 valence electrons. The van der Waals surface area contributed by atoms with E-state index in [4.69, 9.17) is 9.47 Å². The van der Waals surface area contributed by atoms with Crippen LogP contribution in [0, 0.1) is 20.8 Å². The number of ether oxygens (including phenoxy) is 2. The van der Waals surface area contributed by atoms with Crippen LogP contribution in [-0.4, -0.2) is 18.7 Å². The molecule has 0 aliphatic heterocycles. The molecular formula is C20H24O4P. The normalized spacial score (nSPS) is 11.2. The van der Waals surface area contributed by atoms with E-state index in [1.54, 1.807) is 18.2 Å². The van der Waals surface area contributed by atoms with Gasteiger partial charge in [0.2, 0.25) is 5.52 Å². The summed E-state index contributed by atoms with van der Waals surface area (Å²) >= 11 is 0. The molecule has 1 atom stereocenters. The second-order valence-corrected chi connectivity index (χ2v) is 7.32. The third kappa shape index (κ3) is 4.08. The molecule has 0 saturated heterocycles. The molecule has 0 aliphatic rings. The van der Waals surface area contributed by atoms with Gasteiger partial charge in [-0.25, -0.2) is 0 Å². The largest absolute Gasteiger partial charge is 0.490 e. The Hall–Kier alpha value is -2.19. The summed E-state index contributed by atoms with van der Waals surface area (Å²) in [5.41, 5.74) is 2.90. The summed E-state index contributed by atoms with van der Waals surface area (Å²) in [7, 11) is -2.31. The monoisotopic (exact) mass is 359 g/mol. The first kappa shape index (κ1) is 19.1. The van der Waals surface area contributed by atoms with Crippen molar-refractivity contribution >= 4 is 18.6 Å². The van der Waals surface area contributed by atoms with Gasteiger partial charge < -0.3 is 9.47 Å². The van der Waals surface area contributed by atoms with Crippen LogP contribution in [0.15, 0.2) is 30.3 Å². The van der Waals surface area contributed by atoms with Crippen LogP contribution in [0.1, 0.15) is 40.9 Å². The Bertz CT molecular complexity index is 788. The summed E-state index contributed by atoms with van der Waals surface area (Å²) in [5, 5.41) is 0.382. The first-order chi connectivity index (χ1) is 11.9. The zero-order chi connectivity index (χ0) is 18.6. The van der Waals surface area contributed by atoms with E-state index in [1.807, 2.05) is 46.8 Å². The SMILES string of the molecule is CCOc1cccc([P](=O)C(=O)c2c(C)cc(C)cc2C)c1OCC. The van der Waals surface area contributed by atoms with Crippen molar-refractivity contribution in [1.82, 2.24) is 0 Å². The molecule has 25 heavy (non-hydrogen) atoms. The average Bonchev–Trinajstić information content (AvgIpc) is 2.55. The number of carbonyl (C=O) groups excluding carboxylic acids is 1. The van der Waals surface area contributed by atoms with Crippen LogP contribution in [0.4, 0.5) is 0 Å². The summed E-state index contributed by atoms with van der Waals surface area (Å²) in [6.07, 6.45) is 0. The summed E-state index contributed by atoms with van der Waals surface area (Å²) in [5.74, 6) is 0.902. The topological polar surface area (TPSA) is 52.6 Å². The Balaban J connectivity index is 2.51. The highest BCUT2D eigenvalue weighted by atomic mass is 31.1. The van der Waals surface area contributed by atoms with Crippen LogP contribution in [-0.2, 0) is 4.57 Å². The Morgan fingerprint density at radius 1 is 1.00 bits per heavy atom. The van der Waals surface area contributed by atoms with E-state index in [1.165, 1.54) is 0 Å². The van der Waals surface area contributed by atoms with Crippen LogP contribution >= 0.6 is 7.80 Å². The molecule has 0 saturated carbocycles. The standard InChI is InChI=1S/C20H24O4P/c1-6-23-16-9-8-10-17(19(16)24-7-2)25(22)20(21)18-14(4)11-13(3)12-15(18)5/h8-12H,6-7H2,1-5H3. The van der Waals surface area contributed by atoms with Gasteiger partial charge in [0.15, 0.2) is 19.3 Å². The van der Waals surface area contributed by atoms with E-state index in [2.05, 4.69) is 0 Å². The van der Waals surface area contributed by atoms with Crippen LogP contribution in [0.2, 0.25) is 0 Å². The Morgan fingerprint density at radius 3 is 2.16 bits per heavy atom. The van der Waals surface area contributed by atoms with Gasteiger partial charge in [0.25, 0.3) is 0 Å². The molecule has 1 unspecified atom stereocenters. The molecular weight excluding hydrogens is 335 g/mol. The maximum Gasteiger partial charge on any atom is 0.247 e. The van der Waals surface area contributed by atoms with Gasteiger partial charge in [0.05, 0.1) is 18.5 Å². The van der Waals surface area contributed by atoms with E-state index >= 15 is 0 Å². The third-order valence-electron chi connectivity index (χ3n) is 3.84. The number of para-hydroxylation sites is 1. The predicted molar refractivity (Wildman–Crippen MR) is 101 cm³/mol. The number of benzene rings is 2. The van der Waals surface area contributed by atoms with Crippen LogP contribution in [0.25, 0.3) is 0 Å². The van der Waals surface area contributed by atoms with Crippen LogP contribution < -0.4 is 14.8 Å². The predicted octanol–water partition coefficient (Wildman–Crippen LogP) is 4.70. The molecule has 0 spiro atoms. The number of hydrogen-bond donors (Lipinski definition) is 0. The molecule has 0 aliphatic carbocycles. The molecule has 0 amide bonds. The molecule has 5 heteroatoms. The Kier molecular flexibility index (Phi) is 6.33. The molecule has 2 aromatic carbocycles. The summed E-state index contributed by atoms with van der Waals surface area (Å²) in [6.45, 7) is 10.3. The smallest absolute Gasteiger partial charge is 0.247 e. The zero-order valence-corrected chi connectivity index (χ0v) is 16.3. The van der Waals surface area contributed by atoms with Gasteiger partial charge in [-0.3, -0.25) is 9.36 Å². The lowest BCUT2D eigenvalue weighted by Crippen LogP contribution is -2.12. The summed E-state index contributed by atoms with van der Waals surface area (Å²) < 4.78 is 24.3. The van der Waals surface area contributed by atoms with Crippen molar-refractivity contribution in [3.8, 4) is 11.5 Å². The highest BCUT2D eigenvalue weighted by Gasteiger charge is 2.26. The number of carbonyl (C=O) groups is 1. The number of rotatable bonds is 7. The van der Waals surface area contributed by atoms with Gasteiger partial charge in [-0.1, -0.05) is 23.8 Å². The van der Waals surface area contributed by atoms with Gasteiger partial charge in [0, 0.05) is 5.56 Å². The van der Waals surface area contributed by atoms with E-state index in [9.17, 15) is 9.36 Å². The average molecular weight is 359 g/mol. The highest BCUT2D eigenvalue weighted by molar-refractivity contribution is 7.71. The Morgan fingerprint density at radius 2 is 1.60 bits per heavy atom. The van der Waals surface area contributed by atoms with Gasteiger partial charge in [-0.15, -0.1) is 0 Å². The fourth-order valence-corrected chi connectivity index (χ4v) is 4.31.